The van der Waals surface area contributed by atoms with Crippen molar-refractivity contribution in [1.82, 2.24) is 0 Å². The van der Waals surface area contributed by atoms with E-state index < -0.39 is 27.3 Å². The van der Waals surface area contributed by atoms with E-state index in [1.807, 2.05) is 13.8 Å². The lowest BCUT2D eigenvalue weighted by atomic mass is 10.0. The van der Waals surface area contributed by atoms with Gasteiger partial charge in [0.15, 0.2) is 5.75 Å². The Hall–Kier alpha value is -2.76. The van der Waals surface area contributed by atoms with Gasteiger partial charge in [0.05, 0.1) is 17.0 Å². The monoisotopic (exact) mass is 484 g/mol. The molecule has 0 amide bonds. The van der Waals surface area contributed by atoms with Crippen LogP contribution >= 0.6 is 0 Å². The molecule has 2 aromatic carbocycles. The normalized spacial score (nSPS) is 12.6. The first kappa shape index (κ1) is 27.3. The Balaban J connectivity index is 0.00000249. The zero-order chi connectivity index (χ0) is 24.7. The Bertz CT molecular complexity index is 1030. The molecule has 1 N–H and O–H groups in total. The van der Waals surface area contributed by atoms with Crippen LogP contribution in [0.15, 0.2) is 47.6 Å². The van der Waals surface area contributed by atoms with Gasteiger partial charge < -0.3 is 4.84 Å². The summed E-state index contributed by atoms with van der Waals surface area (Å²) < 4.78 is 100. The van der Waals surface area contributed by atoms with Gasteiger partial charge in [-0.25, -0.2) is 0 Å². The minimum absolute atomic E-state index is 0.0391. The Kier molecular flexibility index (Phi) is 9.13. The van der Waals surface area contributed by atoms with E-state index in [2.05, 4.69) is 5.16 Å². The third-order valence-electron chi connectivity index (χ3n) is 3.81. The van der Waals surface area contributed by atoms with Crippen LogP contribution in [-0.2, 0) is 16.2 Å². The fourth-order valence-electron chi connectivity index (χ4n) is 2.31. The molecular formula is C20H22F6N2O3S. The van der Waals surface area contributed by atoms with Gasteiger partial charge in [-0.2, -0.15) is 34.8 Å². The van der Waals surface area contributed by atoms with Crippen LogP contribution in [-0.4, -0.2) is 19.6 Å². The predicted molar refractivity (Wildman–Crippen MR) is 110 cm³/mol. The summed E-state index contributed by atoms with van der Waals surface area (Å²) in [5.74, 6) is -0.0426. The number of sulfonamides is 1. The lowest BCUT2D eigenvalue weighted by Crippen LogP contribution is -2.30. The number of nitrogens with one attached hydrogen (secondary N) is 1. The first-order valence-corrected chi connectivity index (χ1v) is 10.8. The van der Waals surface area contributed by atoms with Crippen molar-refractivity contribution in [3.05, 3.63) is 59.2 Å². The molecule has 0 fully saturated rings. The van der Waals surface area contributed by atoms with Crippen LogP contribution < -0.4 is 9.56 Å². The van der Waals surface area contributed by atoms with Gasteiger partial charge in [-0.05, 0) is 49.7 Å². The number of hydrogen-bond donors (Lipinski definition) is 1. The molecule has 2 rings (SSSR count). The molecule has 0 unspecified atom stereocenters. The summed E-state index contributed by atoms with van der Waals surface area (Å²) in [5.41, 5.74) is -6.05. The number of nitrogens with zero attached hydrogens (tertiary/aromatic N) is 1. The largest absolute Gasteiger partial charge is 0.516 e. The average Bonchev–Trinajstić information content (AvgIpc) is 2.70. The summed E-state index contributed by atoms with van der Waals surface area (Å²) in [4.78, 5) is 5.09. The Morgan fingerprint density at radius 2 is 1.56 bits per heavy atom. The molecule has 5 nitrogen and oxygen atoms in total. The van der Waals surface area contributed by atoms with Crippen molar-refractivity contribution in [1.29, 1.82) is 0 Å². The van der Waals surface area contributed by atoms with Crippen molar-refractivity contribution in [3.63, 3.8) is 0 Å². The summed E-state index contributed by atoms with van der Waals surface area (Å²) in [7, 11) is -5.67. The molecule has 0 heterocycles. The highest BCUT2D eigenvalue weighted by Crippen LogP contribution is 2.31. The van der Waals surface area contributed by atoms with Crippen LogP contribution in [0.5, 0.6) is 5.75 Å². The maximum absolute atomic E-state index is 12.7. The SMILES string of the molecule is CC.CC/C(=N\Oc1ccc(C(F)(F)F)cc1)c1cc(C)ccc1NS(=O)(=O)C(F)(F)F. The third kappa shape index (κ3) is 7.14. The van der Waals surface area contributed by atoms with Crippen molar-refractivity contribution >= 4 is 21.4 Å². The molecule has 0 aliphatic rings. The summed E-state index contributed by atoms with van der Waals surface area (Å²) in [6.45, 7) is 7.23. The minimum Gasteiger partial charge on any atom is -0.357 e. The third-order valence-corrected chi connectivity index (χ3v) is 4.91. The Morgan fingerprint density at radius 3 is 2.03 bits per heavy atom. The molecule has 0 spiro atoms. The number of hydrogen-bond acceptors (Lipinski definition) is 4. The van der Waals surface area contributed by atoms with E-state index in [0.717, 1.165) is 30.3 Å². The van der Waals surface area contributed by atoms with Crippen LogP contribution in [0.25, 0.3) is 0 Å². The molecule has 0 aliphatic heterocycles. The number of rotatable bonds is 6. The van der Waals surface area contributed by atoms with Gasteiger partial charge in [-0.3, -0.25) is 4.72 Å². The lowest BCUT2D eigenvalue weighted by molar-refractivity contribution is -0.137. The zero-order valence-corrected chi connectivity index (χ0v) is 18.4. The van der Waals surface area contributed by atoms with Crippen LogP contribution in [0, 0.1) is 6.92 Å². The number of halogens is 6. The van der Waals surface area contributed by atoms with Gasteiger partial charge in [0.1, 0.15) is 0 Å². The van der Waals surface area contributed by atoms with Gasteiger partial charge in [-0.1, -0.05) is 37.6 Å². The second-order valence-electron chi connectivity index (χ2n) is 6.11. The molecule has 2 aromatic rings. The second-order valence-corrected chi connectivity index (χ2v) is 7.78. The topological polar surface area (TPSA) is 67.8 Å². The molecule has 32 heavy (non-hydrogen) atoms. The van der Waals surface area contributed by atoms with Crippen LogP contribution in [0.1, 0.15) is 43.9 Å². The van der Waals surface area contributed by atoms with E-state index in [1.54, 1.807) is 13.8 Å². The molecule has 0 atom stereocenters. The quantitative estimate of drug-likeness (QED) is 0.289. The highest BCUT2D eigenvalue weighted by Gasteiger charge is 2.46. The van der Waals surface area contributed by atoms with Gasteiger partial charge >= 0.3 is 21.7 Å². The number of alkyl halides is 6. The van der Waals surface area contributed by atoms with E-state index in [4.69, 9.17) is 4.84 Å². The van der Waals surface area contributed by atoms with Crippen molar-refractivity contribution in [2.45, 2.75) is 45.8 Å². The van der Waals surface area contributed by atoms with Crippen molar-refractivity contribution in [2.24, 2.45) is 5.16 Å². The van der Waals surface area contributed by atoms with Crippen LogP contribution in [0.3, 0.4) is 0 Å². The molecular weight excluding hydrogens is 462 g/mol. The van der Waals surface area contributed by atoms with E-state index in [1.165, 1.54) is 16.9 Å². The highest BCUT2D eigenvalue weighted by molar-refractivity contribution is 7.93. The molecule has 0 saturated heterocycles. The fraction of sp³-hybridized carbons (Fsp3) is 0.350. The summed E-state index contributed by atoms with van der Waals surface area (Å²) >= 11 is 0. The average molecular weight is 484 g/mol. The first-order valence-electron chi connectivity index (χ1n) is 9.36. The van der Waals surface area contributed by atoms with Gasteiger partial charge in [0.25, 0.3) is 0 Å². The van der Waals surface area contributed by atoms with Gasteiger partial charge in [-0.15, -0.1) is 0 Å². The molecule has 178 valence electrons. The van der Waals surface area contributed by atoms with Gasteiger partial charge in [0.2, 0.25) is 0 Å². The Morgan fingerprint density at radius 1 is 1.00 bits per heavy atom. The molecule has 0 saturated carbocycles. The number of anilines is 1. The summed E-state index contributed by atoms with van der Waals surface area (Å²) in [6.07, 6.45) is -4.40. The Labute approximate surface area is 182 Å². The standard InChI is InChI=1S/C18H16F6N2O3S.C2H6/c1-3-15(25-29-13-7-5-12(6-8-13)17(19,20)21)14-10-11(2)4-9-16(14)26-30(27,28)18(22,23)24;1-2/h4-10,26H,3H2,1-2H3;1-2H3/b25-15+;. The summed E-state index contributed by atoms with van der Waals surface area (Å²) in [6, 6.07) is 7.59. The number of aryl methyl sites for hydroxylation is 1. The summed E-state index contributed by atoms with van der Waals surface area (Å²) in [5, 5.41) is 3.79. The smallest absolute Gasteiger partial charge is 0.357 e. The van der Waals surface area contributed by atoms with Crippen LogP contribution in [0.2, 0.25) is 0 Å². The van der Waals surface area contributed by atoms with E-state index in [-0.39, 0.29) is 29.1 Å². The molecule has 0 bridgehead atoms. The van der Waals surface area contributed by atoms with E-state index in [0.29, 0.717) is 5.56 Å². The van der Waals surface area contributed by atoms with Crippen molar-refractivity contribution < 1.29 is 39.6 Å². The molecule has 0 radical (unpaired) electrons. The maximum atomic E-state index is 12.7. The maximum Gasteiger partial charge on any atom is 0.516 e. The number of benzene rings is 2. The van der Waals surface area contributed by atoms with E-state index >= 15 is 0 Å². The van der Waals surface area contributed by atoms with Gasteiger partial charge in [0, 0.05) is 5.56 Å². The zero-order valence-electron chi connectivity index (χ0n) is 17.6. The second kappa shape index (κ2) is 10.7. The number of oxime groups is 1. The predicted octanol–water partition coefficient (Wildman–Crippen LogP) is 6.49. The minimum atomic E-state index is -5.67. The van der Waals surface area contributed by atoms with Crippen molar-refractivity contribution in [3.8, 4) is 5.75 Å². The fourth-order valence-corrected chi connectivity index (χ4v) is 2.89. The van der Waals surface area contributed by atoms with E-state index in [9.17, 15) is 34.8 Å². The lowest BCUT2D eigenvalue weighted by Gasteiger charge is -2.15. The molecule has 0 aromatic heterocycles. The highest BCUT2D eigenvalue weighted by atomic mass is 32.2. The van der Waals surface area contributed by atoms with Crippen LogP contribution in [0.4, 0.5) is 32.0 Å². The first-order chi connectivity index (χ1) is 14.7. The molecule has 0 aliphatic carbocycles. The van der Waals surface area contributed by atoms with Crippen molar-refractivity contribution in [2.75, 3.05) is 4.72 Å². The molecule has 12 heteroatoms.